The van der Waals surface area contributed by atoms with Crippen molar-refractivity contribution in [3.63, 3.8) is 0 Å². The minimum absolute atomic E-state index is 0.165. The molecule has 1 heterocycles. The maximum Gasteiger partial charge on any atom is 0.243 e. The van der Waals surface area contributed by atoms with E-state index in [1.54, 1.807) is 31.4 Å². The number of hydrogen-bond acceptors (Lipinski definition) is 5. The molecule has 1 aliphatic heterocycles. The number of nitrogens with one attached hydrogen (secondary N) is 1. The quantitative estimate of drug-likeness (QED) is 0.547. The third-order valence-corrected chi connectivity index (χ3v) is 6.83. The molecule has 0 spiro atoms. The minimum Gasteiger partial charge on any atom is -0.497 e. The molecule has 0 amide bonds. The Morgan fingerprint density at radius 2 is 1.76 bits per heavy atom. The lowest BCUT2D eigenvalue weighted by Gasteiger charge is -2.32. The number of sulfonamides is 1. The molecule has 0 bridgehead atoms. The van der Waals surface area contributed by atoms with E-state index >= 15 is 0 Å². The number of nitrogens with zero attached hydrogens (tertiary/aromatic N) is 3. The number of aliphatic imine (C=N–C) groups is 1. The van der Waals surface area contributed by atoms with Crippen LogP contribution in [-0.4, -0.2) is 63.9 Å². The van der Waals surface area contributed by atoms with Crippen LogP contribution >= 0.6 is 0 Å². The third kappa shape index (κ3) is 5.26. The van der Waals surface area contributed by atoms with E-state index in [4.69, 9.17) is 10.5 Å². The monoisotopic (exact) mass is 417 g/mol. The molecule has 3 N–H and O–H groups in total. The summed E-state index contributed by atoms with van der Waals surface area (Å²) in [5.74, 6) is 0.955. The Labute approximate surface area is 172 Å². The molecule has 0 radical (unpaired) electrons. The standard InChI is InChI=1S/C20H27N5O3S/c1-24-11-13-25(14-12-24)29(26,27)19-6-4-3-5-16(19)15-22-20(21)23-17-7-9-18(28-2)10-8-17/h3-10H,11-15H2,1-2H3,(H3,21,22,23). The Hall–Kier alpha value is -2.62. The SMILES string of the molecule is COc1ccc(NC(N)=NCc2ccccc2S(=O)(=O)N2CCN(C)CC2)cc1. The number of guanidine groups is 1. The Bertz CT molecular complexity index is 952. The Kier molecular flexibility index (Phi) is 6.73. The second-order valence-corrected chi connectivity index (χ2v) is 8.78. The summed E-state index contributed by atoms with van der Waals surface area (Å²) in [5, 5.41) is 3.00. The van der Waals surface area contributed by atoms with Crippen molar-refractivity contribution < 1.29 is 13.2 Å². The highest BCUT2D eigenvalue weighted by Gasteiger charge is 2.29. The summed E-state index contributed by atoms with van der Waals surface area (Å²) in [6, 6.07) is 14.2. The molecule has 29 heavy (non-hydrogen) atoms. The first-order valence-electron chi connectivity index (χ1n) is 9.38. The van der Waals surface area contributed by atoms with Crippen LogP contribution in [0.25, 0.3) is 0 Å². The lowest BCUT2D eigenvalue weighted by molar-refractivity contribution is 0.222. The normalized spacial score (nSPS) is 16.6. The van der Waals surface area contributed by atoms with Gasteiger partial charge in [-0.2, -0.15) is 4.31 Å². The van der Waals surface area contributed by atoms with E-state index in [2.05, 4.69) is 15.2 Å². The number of likely N-dealkylation sites (N-methyl/N-ethyl adjacent to an activating group) is 1. The summed E-state index contributed by atoms with van der Waals surface area (Å²) in [6.45, 7) is 2.57. The fourth-order valence-electron chi connectivity index (χ4n) is 3.09. The van der Waals surface area contributed by atoms with Gasteiger partial charge in [0.2, 0.25) is 10.0 Å². The predicted molar refractivity (Wildman–Crippen MR) is 115 cm³/mol. The largest absolute Gasteiger partial charge is 0.497 e. The van der Waals surface area contributed by atoms with Gasteiger partial charge >= 0.3 is 0 Å². The number of ether oxygens (including phenoxy) is 1. The van der Waals surface area contributed by atoms with Crippen molar-refractivity contribution >= 4 is 21.7 Å². The summed E-state index contributed by atoms with van der Waals surface area (Å²) in [4.78, 5) is 6.73. The molecule has 9 heteroatoms. The smallest absolute Gasteiger partial charge is 0.243 e. The average molecular weight is 418 g/mol. The van der Waals surface area contributed by atoms with E-state index in [9.17, 15) is 8.42 Å². The fourth-order valence-corrected chi connectivity index (χ4v) is 4.72. The van der Waals surface area contributed by atoms with Gasteiger partial charge < -0.3 is 20.7 Å². The number of rotatable bonds is 6. The van der Waals surface area contributed by atoms with Crippen LogP contribution in [0.4, 0.5) is 5.69 Å². The lowest BCUT2D eigenvalue weighted by Crippen LogP contribution is -2.47. The van der Waals surface area contributed by atoms with Crippen molar-refractivity contribution in [1.29, 1.82) is 0 Å². The Morgan fingerprint density at radius 3 is 2.41 bits per heavy atom. The zero-order chi connectivity index (χ0) is 20.9. The van der Waals surface area contributed by atoms with Gasteiger partial charge in [0.1, 0.15) is 5.75 Å². The van der Waals surface area contributed by atoms with E-state index in [0.29, 0.717) is 18.7 Å². The number of nitrogens with two attached hydrogens (primary N) is 1. The molecule has 1 aliphatic rings. The molecule has 3 rings (SSSR count). The van der Waals surface area contributed by atoms with Crippen LogP contribution in [0.3, 0.4) is 0 Å². The highest BCUT2D eigenvalue weighted by Crippen LogP contribution is 2.22. The van der Waals surface area contributed by atoms with Gasteiger partial charge in [-0.1, -0.05) is 18.2 Å². The fraction of sp³-hybridized carbons (Fsp3) is 0.350. The molecular weight excluding hydrogens is 390 g/mol. The minimum atomic E-state index is -3.57. The lowest BCUT2D eigenvalue weighted by atomic mass is 10.2. The van der Waals surface area contributed by atoms with Gasteiger partial charge in [-0.25, -0.2) is 13.4 Å². The second-order valence-electron chi connectivity index (χ2n) is 6.87. The van der Waals surface area contributed by atoms with Crippen molar-refractivity contribution in [2.45, 2.75) is 11.4 Å². The zero-order valence-corrected chi connectivity index (χ0v) is 17.5. The molecule has 1 saturated heterocycles. The number of methoxy groups -OCH3 is 1. The summed E-state index contributed by atoms with van der Waals surface area (Å²) < 4.78 is 32.9. The van der Waals surface area contributed by atoms with Crippen LogP contribution in [0, 0.1) is 0 Å². The summed E-state index contributed by atoms with van der Waals surface area (Å²) >= 11 is 0. The number of hydrogen-bond donors (Lipinski definition) is 2. The topological polar surface area (TPSA) is 100 Å². The van der Waals surface area contributed by atoms with E-state index in [1.807, 2.05) is 31.3 Å². The first-order chi connectivity index (χ1) is 13.9. The number of benzene rings is 2. The van der Waals surface area contributed by atoms with Crippen LogP contribution in [0.2, 0.25) is 0 Å². The molecule has 0 saturated carbocycles. The van der Waals surface area contributed by atoms with Gasteiger partial charge in [0.05, 0.1) is 18.6 Å². The van der Waals surface area contributed by atoms with Crippen LogP contribution in [0.1, 0.15) is 5.56 Å². The van der Waals surface area contributed by atoms with Crippen molar-refractivity contribution in [2.75, 3.05) is 45.7 Å². The molecule has 0 aliphatic carbocycles. The molecule has 0 atom stereocenters. The first kappa shape index (κ1) is 21.1. The maximum absolute atomic E-state index is 13.1. The van der Waals surface area contributed by atoms with E-state index in [-0.39, 0.29) is 17.4 Å². The van der Waals surface area contributed by atoms with Gasteiger partial charge in [-0.15, -0.1) is 0 Å². The van der Waals surface area contributed by atoms with Gasteiger partial charge in [0.15, 0.2) is 5.96 Å². The Morgan fingerprint density at radius 1 is 1.10 bits per heavy atom. The van der Waals surface area contributed by atoms with Gasteiger partial charge in [0, 0.05) is 31.9 Å². The summed E-state index contributed by atoms with van der Waals surface area (Å²) in [5.41, 5.74) is 7.37. The van der Waals surface area contributed by atoms with Gasteiger partial charge in [-0.3, -0.25) is 0 Å². The van der Waals surface area contributed by atoms with Gasteiger partial charge in [-0.05, 0) is 42.9 Å². The second kappa shape index (κ2) is 9.25. The number of piperazine rings is 1. The van der Waals surface area contributed by atoms with Crippen molar-refractivity contribution in [3.05, 3.63) is 54.1 Å². The molecule has 0 unspecified atom stereocenters. The van der Waals surface area contributed by atoms with Crippen LogP contribution < -0.4 is 15.8 Å². The Balaban J connectivity index is 1.73. The van der Waals surface area contributed by atoms with Crippen LogP contribution in [0.5, 0.6) is 5.75 Å². The van der Waals surface area contributed by atoms with Crippen molar-refractivity contribution in [1.82, 2.24) is 9.21 Å². The summed E-state index contributed by atoms with van der Waals surface area (Å²) in [7, 11) is 0.0261. The zero-order valence-electron chi connectivity index (χ0n) is 16.7. The first-order valence-corrected chi connectivity index (χ1v) is 10.8. The van der Waals surface area contributed by atoms with Crippen molar-refractivity contribution in [2.24, 2.45) is 10.7 Å². The molecular formula is C20H27N5O3S. The van der Waals surface area contributed by atoms with Crippen LogP contribution in [-0.2, 0) is 16.6 Å². The molecule has 2 aromatic carbocycles. The highest BCUT2D eigenvalue weighted by molar-refractivity contribution is 7.89. The third-order valence-electron chi connectivity index (χ3n) is 4.83. The van der Waals surface area contributed by atoms with Gasteiger partial charge in [0.25, 0.3) is 0 Å². The molecule has 8 nitrogen and oxygen atoms in total. The highest BCUT2D eigenvalue weighted by atomic mass is 32.2. The molecule has 156 valence electrons. The van der Waals surface area contributed by atoms with Crippen LogP contribution in [0.15, 0.2) is 58.4 Å². The molecule has 2 aromatic rings. The predicted octanol–water partition coefficient (Wildman–Crippen LogP) is 1.56. The van der Waals surface area contributed by atoms with E-state index in [0.717, 1.165) is 24.5 Å². The average Bonchev–Trinajstić information content (AvgIpc) is 2.73. The van der Waals surface area contributed by atoms with E-state index < -0.39 is 10.0 Å². The molecule has 1 fully saturated rings. The summed E-state index contributed by atoms with van der Waals surface area (Å²) in [6.07, 6.45) is 0. The molecule has 0 aromatic heterocycles. The van der Waals surface area contributed by atoms with E-state index in [1.165, 1.54) is 4.31 Å². The maximum atomic E-state index is 13.1. The number of anilines is 1. The van der Waals surface area contributed by atoms with Crippen molar-refractivity contribution in [3.8, 4) is 5.75 Å².